The molecule has 0 bridgehead atoms. The predicted molar refractivity (Wildman–Crippen MR) is 136 cm³/mol. The Morgan fingerprint density at radius 3 is 2.63 bits per heavy atom. The largest absolute Gasteiger partial charge is 0.325 e. The topological polar surface area (TPSA) is 105 Å². The van der Waals surface area contributed by atoms with Gasteiger partial charge in [-0.05, 0) is 55.8 Å². The number of hydrogen-bond acceptors (Lipinski definition) is 6. The van der Waals surface area contributed by atoms with E-state index in [9.17, 15) is 9.59 Å². The molecule has 1 amide bonds. The lowest BCUT2D eigenvalue weighted by Gasteiger charge is -2.14. The summed E-state index contributed by atoms with van der Waals surface area (Å²) >= 11 is 1.24. The number of aromatic nitrogens is 4. The third-order valence-electron chi connectivity index (χ3n) is 5.66. The summed E-state index contributed by atoms with van der Waals surface area (Å²) in [5.74, 6) is 0.137. The number of nitriles is 1. The van der Waals surface area contributed by atoms with Crippen LogP contribution in [0.15, 0.2) is 82.7 Å². The first kappa shape index (κ1) is 22.4. The molecule has 0 saturated carbocycles. The second-order valence-corrected chi connectivity index (χ2v) is 9.31. The number of carbonyl (C=O) groups excluding carboxylic acids is 1. The van der Waals surface area contributed by atoms with E-state index < -0.39 is 5.25 Å². The Hall–Kier alpha value is -4.42. The molecule has 1 N–H and O–H groups in total. The van der Waals surface area contributed by atoms with Crippen molar-refractivity contribution in [3.05, 3.63) is 94.3 Å². The van der Waals surface area contributed by atoms with E-state index in [1.54, 1.807) is 41.8 Å². The van der Waals surface area contributed by atoms with Crippen LogP contribution in [0.25, 0.3) is 22.4 Å². The highest BCUT2D eigenvalue weighted by Gasteiger charge is 2.22. The van der Waals surface area contributed by atoms with Crippen LogP contribution in [-0.2, 0) is 4.79 Å². The number of aryl methyl sites for hydroxylation is 1. The third kappa shape index (κ3) is 4.05. The maximum atomic E-state index is 13.5. The van der Waals surface area contributed by atoms with Gasteiger partial charge in [0.05, 0.1) is 33.5 Å². The second-order valence-electron chi connectivity index (χ2n) is 8.00. The summed E-state index contributed by atoms with van der Waals surface area (Å²) in [5.41, 5.74) is 3.14. The molecular weight excluding hydrogens is 460 g/mol. The highest BCUT2D eigenvalue weighted by Crippen LogP contribution is 2.27. The molecule has 5 rings (SSSR count). The maximum Gasteiger partial charge on any atom is 0.267 e. The molecule has 9 heteroatoms. The molecule has 2 aromatic heterocycles. The molecule has 0 saturated heterocycles. The number of hydrogen-bond donors (Lipinski definition) is 1. The fraction of sp³-hybridized carbons (Fsp3) is 0.115. The average Bonchev–Trinajstić information content (AvgIpc) is 3.28. The third-order valence-corrected chi connectivity index (χ3v) is 6.70. The summed E-state index contributed by atoms with van der Waals surface area (Å²) in [6, 6.07) is 23.7. The van der Waals surface area contributed by atoms with E-state index in [2.05, 4.69) is 21.6 Å². The zero-order valence-corrected chi connectivity index (χ0v) is 19.8. The van der Waals surface area contributed by atoms with Crippen LogP contribution < -0.4 is 10.9 Å². The maximum absolute atomic E-state index is 13.5. The average molecular weight is 481 g/mol. The molecule has 0 spiro atoms. The summed E-state index contributed by atoms with van der Waals surface area (Å²) < 4.78 is 3.38. The zero-order valence-electron chi connectivity index (χ0n) is 19.0. The fourth-order valence-electron chi connectivity index (χ4n) is 3.91. The molecule has 1 unspecified atom stereocenters. The Morgan fingerprint density at radius 2 is 1.83 bits per heavy atom. The van der Waals surface area contributed by atoms with E-state index in [1.165, 1.54) is 11.8 Å². The number of nitrogens with zero attached hydrogens (tertiary/aromatic N) is 5. The lowest BCUT2D eigenvalue weighted by Crippen LogP contribution is -2.24. The first-order valence-electron chi connectivity index (χ1n) is 10.9. The van der Waals surface area contributed by atoms with Crippen LogP contribution in [0.2, 0.25) is 0 Å². The summed E-state index contributed by atoms with van der Waals surface area (Å²) in [5, 5.41) is 21.1. The molecule has 5 aromatic rings. The first-order valence-corrected chi connectivity index (χ1v) is 11.8. The zero-order chi connectivity index (χ0) is 24.5. The van der Waals surface area contributed by atoms with Crippen molar-refractivity contribution in [3.63, 3.8) is 0 Å². The van der Waals surface area contributed by atoms with Gasteiger partial charge in [0.2, 0.25) is 11.7 Å². The van der Waals surface area contributed by atoms with Crippen molar-refractivity contribution in [1.82, 2.24) is 19.2 Å². The Labute approximate surface area is 204 Å². The number of amides is 1. The summed E-state index contributed by atoms with van der Waals surface area (Å²) in [6.45, 7) is 3.71. The molecule has 2 heterocycles. The van der Waals surface area contributed by atoms with Crippen LogP contribution in [0.4, 0.5) is 5.69 Å². The van der Waals surface area contributed by atoms with Gasteiger partial charge in [0, 0.05) is 5.69 Å². The van der Waals surface area contributed by atoms with Crippen LogP contribution in [0.5, 0.6) is 0 Å². The molecule has 35 heavy (non-hydrogen) atoms. The number of rotatable bonds is 5. The molecule has 0 aliphatic heterocycles. The Kier molecular flexibility index (Phi) is 5.81. The van der Waals surface area contributed by atoms with E-state index in [0.29, 0.717) is 33.1 Å². The minimum Gasteiger partial charge on any atom is -0.325 e. The van der Waals surface area contributed by atoms with E-state index in [-0.39, 0.29) is 11.5 Å². The fourth-order valence-corrected chi connectivity index (χ4v) is 4.76. The van der Waals surface area contributed by atoms with E-state index in [0.717, 1.165) is 11.3 Å². The highest BCUT2D eigenvalue weighted by atomic mass is 32.2. The van der Waals surface area contributed by atoms with Gasteiger partial charge in [0.15, 0.2) is 5.16 Å². The second kappa shape index (κ2) is 9.08. The number of nitrogens with one attached hydrogen (secondary N) is 1. The van der Waals surface area contributed by atoms with Crippen molar-refractivity contribution >= 4 is 40.0 Å². The molecule has 172 valence electrons. The molecule has 1 atom stereocenters. The number of para-hydroxylation sites is 2. The van der Waals surface area contributed by atoms with E-state index in [4.69, 9.17) is 5.26 Å². The van der Waals surface area contributed by atoms with Crippen molar-refractivity contribution in [1.29, 1.82) is 5.26 Å². The quantitative estimate of drug-likeness (QED) is 0.375. The normalized spacial score (nSPS) is 11.9. The van der Waals surface area contributed by atoms with Crippen molar-refractivity contribution in [3.8, 4) is 11.8 Å². The number of fused-ring (bicyclic) bond motifs is 3. The van der Waals surface area contributed by atoms with Gasteiger partial charge in [-0.3, -0.25) is 14.0 Å². The molecule has 0 aliphatic rings. The van der Waals surface area contributed by atoms with Gasteiger partial charge in [0.1, 0.15) is 0 Å². The number of thioether (sulfide) groups is 1. The minimum atomic E-state index is -0.522. The molecule has 0 radical (unpaired) electrons. The van der Waals surface area contributed by atoms with E-state index in [1.807, 2.05) is 53.8 Å². The SMILES string of the molecule is Cc1ccccc1-n1c(=O)c2ccccc2n2c(SC(C)C(=O)Nc3cccc(C#N)c3)nnc12. The summed E-state index contributed by atoms with van der Waals surface area (Å²) in [7, 11) is 0. The molecule has 0 fully saturated rings. The molecular formula is C26H20N6O2S. The number of anilines is 1. The Bertz CT molecular complexity index is 1700. The molecule has 8 nitrogen and oxygen atoms in total. The van der Waals surface area contributed by atoms with Crippen molar-refractivity contribution in [2.24, 2.45) is 0 Å². The van der Waals surface area contributed by atoms with Crippen LogP contribution in [0.1, 0.15) is 18.1 Å². The van der Waals surface area contributed by atoms with Gasteiger partial charge >= 0.3 is 0 Å². The number of carbonyl (C=O) groups is 1. The van der Waals surface area contributed by atoms with Crippen LogP contribution in [0, 0.1) is 18.3 Å². The van der Waals surface area contributed by atoms with Gasteiger partial charge in [0.25, 0.3) is 5.56 Å². The Morgan fingerprint density at radius 1 is 1.06 bits per heavy atom. The smallest absolute Gasteiger partial charge is 0.267 e. The van der Waals surface area contributed by atoms with Gasteiger partial charge in [-0.25, -0.2) is 4.57 Å². The first-order chi connectivity index (χ1) is 17.0. The Balaban J connectivity index is 1.58. The van der Waals surface area contributed by atoms with Crippen LogP contribution in [0.3, 0.4) is 0 Å². The summed E-state index contributed by atoms with van der Waals surface area (Å²) in [6.07, 6.45) is 0. The van der Waals surface area contributed by atoms with Crippen LogP contribution in [-0.4, -0.2) is 30.3 Å². The van der Waals surface area contributed by atoms with E-state index >= 15 is 0 Å². The van der Waals surface area contributed by atoms with Crippen molar-refractivity contribution in [2.75, 3.05) is 5.32 Å². The van der Waals surface area contributed by atoms with Gasteiger partial charge in [-0.2, -0.15) is 5.26 Å². The van der Waals surface area contributed by atoms with Gasteiger partial charge in [-0.15, -0.1) is 10.2 Å². The monoisotopic (exact) mass is 480 g/mol. The van der Waals surface area contributed by atoms with Gasteiger partial charge in [-0.1, -0.05) is 48.2 Å². The van der Waals surface area contributed by atoms with Gasteiger partial charge < -0.3 is 5.32 Å². The number of benzene rings is 3. The minimum absolute atomic E-state index is 0.186. The predicted octanol–water partition coefficient (Wildman–Crippen LogP) is 4.33. The van der Waals surface area contributed by atoms with Crippen LogP contribution >= 0.6 is 11.8 Å². The highest BCUT2D eigenvalue weighted by molar-refractivity contribution is 8.00. The van der Waals surface area contributed by atoms with Crippen molar-refractivity contribution < 1.29 is 4.79 Å². The standard InChI is InChI=1S/C26H20N6O2S/c1-16-8-3-5-12-21(16)31-24(34)20-11-4-6-13-22(20)32-25(31)29-30-26(32)35-17(2)23(33)28-19-10-7-9-18(14-19)15-27/h3-14,17H,1-2H3,(H,28,33). The summed E-state index contributed by atoms with van der Waals surface area (Å²) in [4.78, 5) is 26.4. The van der Waals surface area contributed by atoms with Crippen molar-refractivity contribution in [2.45, 2.75) is 24.3 Å². The molecule has 0 aliphatic carbocycles. The lowest BCUT2D eigenvalue weighted by atomic mass is 10.2. The molecule has 3 aromatic carbocycles. The lowest BCUT2D eigenvalue weighted by molar-refractivity contribution is -0.115.